The first-order chi connectivity index (χ1) is 26.2. The van der Waals surface area contributed by atoms with E-state index in [-0.39, 0.29) is 5.41 Å². The highest BCUT2D eigenvalue weighted by molar-refractivity contribution is 7.25. The third kappa shape index (κ3) is 4.36. The van der Waals surface area contributed by atoms with Crippen LogP contribution in [0.2, 0.25) is 0 Å². The van der Waals surface area contributed by atoms with Crippen molar-refractivity contribution in [3.63, 3.8) is 0 Å². The first-order valence-corrected chi connectivity index (χ1v) is 20.1. The van der Waals surface area contributed by atoms with E-state index in [1.165, 1.54) is 85.7 Å². The van der Waals surface area contributed by atoms with Gasteiger partial charge in [0.15, 0.2) is 17.5 Å². The lowest BCUT2D eigenvalue weighted by Crippen LogP contribution is -2.55. The summed E-state index contributed by atoms with van der Waals surface area (Å²) in [7, 11) is 0. The highest BCUT2D eigenvalue weighted by Gasteiger charge is 2.62. The van der Waals surface area contributed by atoms with Gasteiger partial charge >= 0.3 is 0 Å². The average molecular weight is 700 g/mol. The van der Waals surface area contributed by atoms with Crippen LogP contribution in [0.15, 0.2) is 140 Å². The number of benzene rings is 6. The molecule has 6 aromatic carbocycles. The third-order valence-electron chi connectivity index (χ3n) is 13.3. The molecule has 0 N–H and O–H groups in total. The van der Waals surface area contributed by atoms with Gasteiger partial charge in [0.1, 0.15) is 0 Å². The average Bonchev–Trinajstić information content (AvgIpc) is 3.74. The number of rotatable bonds is 4. The van der Waals surface area contributed by atoms with E-state index in [2.05, 4.69) is 140 Å². The van der Waals surface area contributed by atoms with E-state index in [4.69, 9.17) is 15.0 Å². The molecular formula is C49H37N3S. The Morgan fingerprint density at radius 3 is 1.81 bits per heavy atom. The zero-order valence-corrected chi connectivity index (χ0v) is 30.2. The van der Waals surface area contributed by atoms with Crippen LogP contribution in [-0.4, -0.2) is 15.0 Å². The Morgan fingerprint density at radius 1 is 0.434 bits per heavy atom. The zero-order valence-electron chi connectivity index (χ0n) is 29.4. The van der Waals surface area contributed by atoms with E-state index >= 15 is 0 Å². The fraction of sp³-hybridized carbons (Fsp3) is 0.204. The second kappa shape index (κ2) is 11.3. The van der Waals surface area contributed by atoms with Crippen molar-refractivity contribution in [3.05, 3.63) is 151 Å². The molecular weight excluding hydrogens is 663 g/mol. The predicted molar refractivity (Wildman–Crippen MR) is 218 cm³/mol. The minimum Gasteiger partial charge on any atom is -0.208 e. The zero-order chi connectivity index (χ0) is 34.7. The molecule has 2 heterocycles. The fourth-order valence-corrected chi connectivity index (χ4v) is 12.5. The summed E-state index contributed by atoms with van der Waals surface area (Å²) in [6, 6.07) is 51.0. The van der Waals surface area contributed by atoms with Crippen LogP contribution in [0.1, 0.15) is 43.2 Å². The van der Waals surface area contributed by atoms with Crippen molar-refractivity contribution in [1.29, 1.82) is 0 Å². The van der Waals surface area contributed by atoms with Crippen LogP contribution in [0.3, 0.4) is 0 Å². The maximum absolute atomic E-state index is 5.39. The molecule has 53 heavy (non-hydrogen) atoms. The lowest BCUT2D eigenvalue weighted by atomic mass is 9.43. The molecule has 0 radical (unpaired) electrons. The lowest BCUT2D eigenvalue weighted by Gasteiger charge is -2.61. The van der Waals surface area contributed by atoms with Gasteiger partial charge in [-0.3, -0.25) is 0 Å². The highest BCUT2D eigenvalue weighted by atomic mass is 32.1. The van der Waals surface area contributed by atoms with Gasteiger partial charge in [-0.2, -0.15) is 0 Å². The number of hydrogen-bond donors (Lipinski definition) is 0. The summed E-state index contributed by atoms with van der Waals surface area (Å²) in [4.78, 5) is 15.9. The maximum atomic E-state index is 5.39. The van der Waals surface area contributed by atoms with Gasteiger partial charge in [-0.1, -0.05) is 121 Å². The van der Waals surface area contributed by atoms with Crippen molar-refractivity contribution >= 4 is 31.5 Å². The molecule has 0 amide bonds. The number of aromatic nitrogens is 3. The second-order valence-electron chi connectivity index (χ2n) is 16.0. The standard InChI is InChI=1S/C49H37N3S/c1-2-9-32(10-3-1)46-50-47(33-19-17-31(18-20-33)34-21-22-44-41(28-34)38-12-5-7-16-43(38)53-44)52-48(51-46)40-14-8-13-39-37-11-4-6-15-42(37)49(45(39)40)35-24-29-23-30(26-35)27-36(49)25-29/h1-22,28-30,35-36H,23-27H2. The van der Waals surface area contributed by atoms with Crippen molar-refractivity contribution in [2.45, 2.75) is 37.5 Å². The van der Waals surface area contributed by atoms with E-state index in [9.17, 15) is 0 Å². The molecule has 5 aliphatic carbocycles. The van der Waals surface area contributed by atoms with E-state index in [0.717, 1.165) is 34.6 Å². The highest BCUT2D eigenvalue weighted by Crippen LogP contribution is 2.70. The van der Waals surface area contributed by atoms with Crippen molar-refractivity contribution in [2.75, 3.05) is 0 Å². The summed E-state index contributed by atoms with van der Waals surface area (Å²) < 4.78 is 2.65. The van der Waals surface area contributed by atoms with E-state index in [1.807, 2.05) is 11.3 Å². The molecule has 0 atom stereocenters. The van der Waals surface area contributed by atoms with Gasteiger partial charge in [0, 0.05) is 42.3 Å². The minimum absolute atomic E-state index is 0.0200. The molecule has 0 unspecified atom stereocenters. The Kier molecular flexibility index (Phi) is 6.39. The third-order valence-corrected chi connectivity index (χ3v) is 14.5. The summed E-state index contributed by atoms with van der Waals surface area (Å²) >= 11 is 1.86. The summed E-state index contributed by atoms with van der Waals surface area (Å²) in [6.45, 7) is 0. The topological polar surface area (TPSA) is 38.7 Å². The van der Waals surface area contributed by atoms with Crippen LogP contribution in [0.4, 0.5) is 0 Å². The Labute approximate surface area is 313 Å². The summed E-state index contributed by atoms with van der Waals surface area (Å²) in [5, 5.41) is 2.64. The normalized spacial score (nSPS) is 23.5. The molecule has 4 fully saturated rings. The maximum Gasteiger partial charge on any atom is 0.164 e. The Balaban J connectivity index is 1.02. The summed E-state index contributed by atoms with van der Waals surface area (Å²) in [6.07, 6.45) is 6.81. The molecule has 254 valence electrons. The largest absolute Gasteiger partial charge is 0.208 e. The Morgan fingerprint density at radius 2 is 1.02 bits per heavy atom. The van der Waals surface area contributed by atoms with Crippen LogP contribution < -0.4 is 0 Å². The first-order valence-electron chi connectivity index (χ1n) is 19.3. The van der Waals surface area contributed by atoms with Gasteiger partial charge in [0.2, 0.25) is 0 Å². The van der Waals surface area contributed by atoms with Crippen molar-refractivity contribution in [2.24, 2.45) is 23.7 Å². The summed E-state index contributed by atoms with van der Waals surface area (Å²) in [5.41, 5.74) is 11.4. The van der Waals surface area contributed by atoms with Crippen molar-refractivity contribution in [1.82, 2.24) is 15.0 Å². The van der Waals surface area contributed by atoms with Gasteiger partial charge in [0.05, 0.1) is 0 Å². The second-order valence-corrected chi connectivity index (χ2v) is 17.1. The molecule has 1 spiro atoms. The van der Waals surface area contributed by atoms with E-state index in [1.54, 1.807) is 5.56 Å². The van der Waals surface area contributed by atoms with Gasteiger partial charge in [0.25, 0.3) is 0 Å². The molecule has 13 rings (SSSR count). The molecule has 2 aromatic heterocycles. The monoisotopic (exact) mass is 699 g/mol. The van der Waals surface area contributed by atoms with Crippen molar-refractivity contribution < 1.29 is 0 Å². The van der Waals surface area contributed by atoms with Crippen LogP contribution in [0.25, 0.3) is 76.6 Å². The van der Waals surface area contributed by atoms with Gasteiger partial charge in [-0.25, -0.2) is 15.0 Å². The Bertz CT molecular complexity index is 2720. The number of hydrogen-bond acceptors (Lipinski definition) is 4. The van der Waals surface area contributed by atoms with E-state index in [0.29, 0.717) is 17.7 Å². The van der Waals surface area contributed by atoms with Gasteiger partial charge in [-0.05, 0) is 107 Å². The van der Waals surface area contributed by atoms with Crippen LogP contribution in [0.5, 0.6) is 0 Å². The number of fused-ring (bicyclic) bond motifs is 6. The molecule has 8 aromatic rings. The van der Waals surface area contributed by atoms with Crippen LogP contribution in [0, 0.1) is 23.7 Å². The quantitative estimate of drug-likeness (QED) is 0.184. The van der Waals surface area contributed by atoms with Crippen LogP contribution in [-0.2, 0) is 5.41 Å². The van der Waals surface area contributed by atoms with Crippen LogP contribution >= 0.6 is 11.3 Å². The minimum atomic E-state index is 0.0200. The van der Waals surface area contributed by atoms with E-state index < -0.39 is 0 Å². The Hall–Kier alpha value is -5.45. The number of thiophene rings is 1. The molecule has 4 saturated carbocycles. The molecule has 0 aliphatic heterocycles. The molecule has 5 aliphatic rings. The van der Waals surface area contributed by atoms with Gasteiger partial charge in [-0.15, -0.1) is 11.3 Å². The molecule has 4 bridgehead atoms. The van der Waals surface area contributed by atoms with Crippen molar-refractivity contribution in [3.8, 4) is 56.4 Å². The molecule has 0 saturated heterocycles. The predicted octanol–water partition coefficient (Wildman–Crippen LogP) is 12.6. The summed E-state index contributed by atoms with van der Waals surface area (Å²) in [5.74, 6) is 5.31. The SMILES string of the molecule is c1ccc(-c2nc(-c3ccc(-c4ccc5sc6ccccc6c5c4)cc3)nc(-c3cccc4c3C3(c5ccccc5-4)C4CC5CC(C4)CC3C5)n2)cc1. The lowest BCUT2D eigenvalue weighted by molar-refractivity contribution is -0.0397. The molecule has 3 nitrogen and oxygen atoms in total. The number of nitrogens with zero attached hydrogens (tertiary/aromatic N) is 3. The van der Waals surface area contributed by atoms with Gasteiger partial charge < -0.3 is 0 Å². The first kappa shape index (κ1) is 30.1. The molecule has 4 heteroatoms. The fourth-order valence-electron chi connectivity index (χ4n) is 11.5. The smallest absolute Gasteiger partial charge is 0.164 e.